The number of nitrogens with two attached hydrogens (primary N) is 1. The molecule has 0 saturated heterocycles. The third-order valence-electron chi connectivity index (χ3n) is 5.76. The van der Waals surface area contributed by atoms with Crippen molar-refractivity contribution in [1.82, 2.24) is 5.32 Å². The van der Waals surface area contributed by atoms with E-state index in [0.29, 0.717) is 6.42 Å². The lowest BCUT2D eigenvalue weighted by Gasteiger charge is -2.30. The van der Waals surface area contributed by atoms with E-state index in [2.05, 4.69) is 78.5 Å². The summed E-state index contributed by atoms with van der Waals surface area (Å²) in [6.45, 7) is 9.31. The summed E-state index contributed by atoms with van der Waals surface area (Å²) in [6.07, 6.45) is 3.51. The summed E-state index contributed by atoms with van der Waals surface area (Å²) in [5, 5.41) is 6.75. The van der Waals surface area contributed by atoms with Crippen molar-refractivity contribution in [3.63, 3.8) is 0 Å². The molecule has 2 aromatic rings. The maximum absolute atomic E-state index is 12.9. The third-order valence-corrected chi connectivity index (χ3v) is 6.22. The minimum Gasteiger partial charge on any atom is -0.384 e. The zero-order chi connectivity index (χ0) is 21.1. The molecule has 0 spiro atoms. The fraction of sp³-hybridized carbons (Fsp3) is 0.458. The average Bonchev–Trinajstić information content (AvgIpc) is 2.65. The number of anilines is 1. The maximum atomic E-state index is 12.9. The molecule has 0 saturated carbocycles. The molecule has 0 fully saturated rings. The standard InChI is InChI=1S/C24H32BrN3O/c1-5-6-17-11-18(25)12-20-22(7-8-27-23(17)20)28-24(29)21(26)13-19-15(3)9-14(2)10-16(19)4/h9-12,21-22,27H,5-8,13,26H2,1-4H3,(H,28,29)/t21-,22+/m0/s1. The Bertz CT molecular complexity index is 886. The minimum atomic E-state index is -0.560. The van der Waals surface area contributed by atoms with E-state index in [-0.39, 0.29) is 11.9 Å². The second kappa shape index (κ2) is 9.31. The van der Waals surface area contributed by atoms with Gasteiger partial charge in [0.25, 0.3) is 0 Å². The Kier molecular flexibility index (Phi) is 7.01. The number of aryl methyl sites for hydroxylation is 4. The molecule has 4 N–H and O–H groups in total. The predicted molar refractivity (Wildman–Crippen MR) is 124 cm³/mol. The number of hydrogen-bond acceptors (Lipinski definition) is 3. The number of nitrogens with one attached hydrogen (secondary N) is 2. The van der Waals surface area contributed by atoms with Crippen molar-refractivity contribution < 1.29 is 4.79 Å². The number of halogens is 1. The highest BCUT2D eigenvalue weighted by Gasteiger charge is 2.26. The van der Waals surface area contributed by atoms with E-state index < -0.39 is 6.04 Å². The first-order chi connectivity index (χ1) is 13.8. The van der Waals surface area contributed by atoms with Gasteiger partial charge in [0.1, 0.15) is 0 Å². The second-order valence-corrected chi connectivity index (χ2v) is 9.16. The van der Waals surface area contributed by atoms with Crippen molar-refractivity contribution in [2.75, 3.05) is 11.9 Å². The molecule has 5 heteroatoms. The SMILES string of the molecule is CCCc1cc(Br)cc2c1NCC[C@H]2NC(=O)[C@@H](N)Cc1c(C)cc(C)cc1C. The Morgan fingerprint density at radius 3 is 2.59 bits per heavy atom. The second-order valence-electron chi connectivity index (χ2n) is 8.24. The minimum absolute atomic E-state index is 0.0156. The van der Waals surface area contributed by atoms with Crippen LogP contribution in [0.3, 0.4) is 0 Å². The Hall–Kier alpha value is -1.85. The van der Waals surface area contributed by atoms with Gasteiger partial charge < -0.3 is 16.4 Å². The summed E-state index contributed by atoms with van der Waals surface area (Å²) in [5.41, 5.74) is 14.8. The molecule has 0 bridgehead atoms. The number of carbonyl (C=O) groups is 1. The van der Waals surface area contributed by atoms with E-state index in [9.17, 15) is 4.79 Å². The van der Waals surface area contributed by atoms with Gasteiger partial charge in [-0.05, 0) is 80.0 Å². The molecule has 4 nitrogen and oxygen atoms in total. The molecule has 29 heavy (non-hydrogen) atoms. The quantitative estimate of drug-likeness (QED) is 0.579. The van der Waals surface area contributed by atoms with E-state index in [1.807, 2.05) is 0 Å². The number of rotatable bonds is 6. The zero-order valence-corrected chi connectivity index (χ0v) is 19.4. The van der Waals surface area contributed by atoms with Crippen molar-refractivity contribution in [1.29, 1.82) is 0 Å². The molecule has 1 heterocycles. The summed E-state index contributed by atoms with van der Waals surface area (Å²) >= 11 is 3.63. The molecule has 1 aliphatic heterocycles. The van der Waals surface area contributed by atoms with Gasteiger partial charge in [-0.1, -0.05) is 47.0 Å². The molecule has 0 unspecified atom stereocenters. The molecular formula is C24H32BrN3O. The molecule has 156 valence electrons. The van der Waals surface area contributed by atoms with Crippen LogP contribution in [0.5, 0.6) is 0 Å². The largest absolute Gasteiger partial charge is 0.384 e. The predicted octanol–water partition coefficient (Wildman–Crippen LogP) is 4.87. The van der Waals surface area contributed by atoms with Crippen molar-refractivity contribution in [2.45, 2.75) is 65.5 Å². The van der Waals surface area contributed by atoms with E-state index in [4.69, 9.17) is 5.73 Å². The molecule has 2 aromatic carbocycles. The van der Waals surface area contributed by atoms with Gasteiger partial charge in [0.05, 0.1) is 12.1 Å². The summed E-state index contributed by atoms with van der Waals surface area (Å²) in [4.78, 5) is 12.9. The first-order valence-corrected chi connectivity index (χ1v) is 11.3. The molecule has 0 aromatic heterocycles. The van der Waals surface area contributed by atoms with Crippen molar-refractivity contribution >= 4 is 27.5 Å². The monoisotopic (exact) mass is 457 g/mol. The average molecular weight is 458 g/mol. The lowest BCUT2D eigenvalue weighted by atomic mass is 9.92. The normalized spacial score (nSPS) is 16.7. The molecule has 1 aliphatic rings. The van der Waals surface area contributed by atoms with Crippen LogP contribution in [0, 0.1) is 20.8 Å². The van der Waals surface area contributed by atoms with Gasteiger partial charge in [-0.25, -0.2) is 0 Å². The van der Waals surface area contributed by atoms with Crippen LogP contribution < -0.4 is 16.4 Å². The Labute approximate surface area is 182 Å². The van der Waals surface area contributed by atoms with Gasteiger partial charge >= 0.3 is 0 Å². The topological polar surface area (TPSA) is 67.1 Å². The van der Waals surface area contributed by atoms with Crippen molar-refractivity contribution in [2.24, 2.45) is 5.73 Å². The first kappa shape index (κ1) is 21.8. The van der Waals surface area contributed by atoms with Gasteiger partial charge in [0, 0.05) is 16.7 Å². The van der Waals surface area contributed by atoms with E-state index in [1.54, 1.807) is 0 Å². The number of benzene rings is 2. The van der Waals surface area contributed by atoms with Crippen LogP contribution in [0.15, 0.2) is 28.7 Å². The molecule has 0 radical (unpaired) electrons. The van der Waals surface area contributed by atoms with E-state index in [1.165, 1.54) is 33.5 Å². The van der Waals surface area contributed by atoms with Gasteiger partial charge in [-0.3, -0.25) is 4.79 Å². The highest BCUT2D eigenvalue weighted by atomic mass is 79.9. The molecule has 0 aliphatic carbocycles. The number of carbonyl (C=O) groups excluding carboxylic acids is 1. The van der Waals surface area contributed by atoms with Crippen LogP contribution in [0.2, 0.25) is 0 Å². The van der Waals surface area contributed by atoms with Crippen LogP contribution in [0.25, 0.3) is 0 Å². The lowest BCUT2D eigenvalue weighted by Crippen LogP contribution is -2.45. The number of hydrogen-bond donors (Lipinski definition) is 3. The van der Waals surface area contributed by atoms with Crippen molar-refractivity contribution in [3.05, 3.63) is 62.1 Å². The van der Waals surface area contributed by atoms with Crippen molar-refractivity contribution in [3.8, 4) is 0 Å². The maximum Gasteiger partial charge on any atom is 0.237 e. The Morgan fingerprint density at radius 2 is 1.93 bits per heavy atom. The summed E-state index contributed by atoms with van der Waals surface area (Å²) in [5.74, 6) is -0.0840. The number of amides is 1. The van der Waals surface area contributed by atoms with Gasteiger partial charge in [-0.15, -0.1) is 0 Å². The summed E-state index contributed by atoms with van der Waals surface area (Å²) in [7, 11) is 0. The fourth-order valence-corrected chi connectivity index (χ4v) is 4.94. The lowest BCUT2D eigenvalue weighted by molar-refractivity contribution is -0.123. The van der Waals surface area contributed by atoms with Crippen LogP contribution in [-0.4, -0.2) is 18.5 Å². The van der Waals surface area contributed by atoms with Crippen LogP contribution in [0.1, 0.15) is 59.2 Å². The van der Waals surface area contributed by atoms with Crippen LogP contribution in [-0.2, 0) is 17.6 Å². The Morgan fingerprint density at radius 1 is 1.24 bits per heavy atom. The van der Waals surface area contributed by atoms with Gasteiger partial charge in [0.2, 0.25) is 5.91 Å². The van der Waals surface area contributed by atoms with E-state index in [0.717, 1.165) is 35.8 Å². The molecular weight excluding hydrogens is 426 g/mol. The highest BCUT2D eigenvalue weighted by molar-refractivity contribution is 9.10. The molecule has 1 amide bonds. The summed E-state index contributed by atoms with van der Waals surface area (Å²) in [6, 6.07) is 8.03. The zero-order valence-electron chi connectivity index (χ0n) is 17.9. The molecule has 3 rings (SSSR count). The summed E-state index contributed by atoms with van der Waals surface area (Å²) < 4.78 is 1.05. The van der Waals surface area contributed by atoms with Gasteiger partial charge in [-0.2, -0.15) is 0 Å². The third kappa shape index (κ3) is 5.01. The Balaban J connectivity index is 1.77. The first-order valence-electron chi connectivity index (χ1n) is 10.5. The number of fused-ring (bicyclic) bond motifs is 1. The van der Waals surface area contributed by atoms with E-state index >= 15 is 0 Å². The molecule has 2 atom stereocenters. The van der Waals surface area contributed by atoms with Crippen LogP contribution in [0.4, 0.5) is 5.69 Å². The fourth-order valence-electron chi connectivity index (χ4n) is 4.41. The van der Waals surface area contributed by atoms with Crippen LogP contribution >= 0.6 is 15.9 Å². The highest BCUT2D eigenvalue weighted by Crippen LogP contribution is 2.36. The smallest absolute Gasteiger partial charge is 0.237 e. The van der Waals surface area contributed by atoms with Gasteiger partial charge in [0.15, 0.2) is 0 Å².